The molecule has 2 atom stereocenters. The maximum Gasteiger partial charge on any atom is 0.416 e. The molecule has 0 saturated heterocycles. The molecule has 0 radical (unpaired) electrons. The number of hydrogen-bond donors (Lipinski definition) is 2. The van der Waals surface area contributed by atoms with E-state index in [0.717, 1.165) is 41.3 Å². The van der Waals surface area contributed by atoms with Crippen LogP contribution in [0.5, 0.6) is 5.88 Å². The zero-order valence-electron chi connectivity index (χ0n) is 17.2. The molecule has 0 spiro atoms. The fraction of sp³-hybridized carbons (Fsp3) is 0.348. The second-order valence-electron chi connectivity index (χ2n) is 7.73. The highest BCUT2D eigenvalue weighted by molar-refractivity contribution is 5.85. The van der Waals surface area contributed by atoms with Gasteiger partial charge in [0.2, 0.25) is 11.8 Å². The van der Waals surface area contributed by atoms with Crippen LogP contribution in [-0.4, -0.2) is 46.0 Å². The molecule has 156 valence electrons. The van der Waals surface area contributed by atoms with Gasteiger partial charge in [-0.2, -0.15) is 0 Å². The first-order chi connectivity index (χ1) is 14.5. The molecule has 2 amide bonds. The Kier molecular flexibility index (Phi) is 5.70. The van der Waals surface area contributed by atoms with Gasteiger partial charge in [-0.1, -0.05) is 13.0 Å². The highest BCUT2D eigenvalue weighted by Gasteiger charge is 2.31. The summed E-state index contributed by atoms with van der Waals surface area (Å²) in [5.74, 6) is 0.318. The van der Waals surface area contributed by atoms with Gasteiger partial charge >= 0.3 is 6.09 Å². The zero-order chi connectivity index (χ0) is 21.1. The summed E-state index contributed by atoms with van der Waals surface area (Å²) in [6.07, 6.45) is 6.11. The molecular formula is C23H26N4O3. The van der Waals surface area contributed by atoms with Crippen molar-refractivity contribution < 1.29 is 14.3 Å². The van der Waals surface area contributed by atoms with Crippen molar-refractivity contribution in [3.63, 3.8) is 0 Å². The lowest BCUT2D eigenvalue weighted by molar-refractivity contribution is -0.121. The summed E-state index contributed by atoms with van der Waals surface area (Å²) in [7, 11) is 1.73. The summed E-state index contributed by atoms with van der Waals surface area (Å²) >= 11 is 0. The van der Waals surface area contributed by atoms with Gasteiger partial charge in [0.05, 0.1) is 0 Å². The molecule has 4 rings (SSSR count). The van der Waals surface area contributed by atoms with E-state index in [2.05, 4.69) is 21.4 Å². The minimum Gasteiger partial charge on any atom is -0.391 e. The van der Waals surface area contributed by atoms with Crippen LogP contribution in [-0.2, 0) is 4.79 Å². The van der Waals surface area contributed by atoms with Crippen molar-refractivity contribution in [2.75, 3.05) is 7.05 Å². The average molecular weight is 406 g/mol. The van der Waals surface area contributed by atoms with Crippen LogP contribution < -0.4 is 10.1 Å². The van der Waals surface area contributed by atoms with Crippen molar-refractivity contribution >= 4 is 22.9 Å². The molecule has 30 heavy (non-hydrogen) atoms. The molecule has 0 unspecified atom stereocenters. The van der Waals surface area contributed by atoms with E-state index >= 15 is 0 Å². The van der Waals surface area contributed by atoms with E-state index in [0.29, 0.717) is 6.42 Å². The highest BCUT2D eigenvalue weighted by Crippen LogP contribution is 2.26. The van der Waals surface area contributed by atoms with Gasteiger partial charge in [0.15, 0.2) is 0 Å². The standard InChI is InChI=1S/C23H26N4O3/c1-3-21(28)26-18-6-7-19(13-18)27(2)23(29)30-22-9-5-17(14-25-22)15-4-8-20-16(12-15)10-11-24-20/h4-5,8-12,14,18-19,24H,3,6-7,13H2,1-2H3,(H,26,28)/t18-,19+/m0/s1. The number of rotatable bonds is 5. The number of pyridine rings is 1. The minimum atomic E-state index is -0.434. The molecular weight excluding hydrogens is 380 g/mol. The van der Waals surface area contributed by atoms with E-state index in [1.165, 1.54) is 0 Å². The third-order valence-electron chi connectivity index (χ3n) is 5.74. The summed E-state index contributed by atoms with van der Waals surface area (Å²) in [5, 5.41) is 4.13. The molecule has 2 heterocycles. The molecule has 2 N–H and O–H groups in total. The molecule has 1 saturated carbocycles. The lowest BCUT2D eigenvalue weighted by atomic mass is 10.1. The number of benzene rings is 1. The summed E-state index contributed by atoms with van der Waals surface area (Å²) in [5.41, 5.74) is 3.09. The van der Waals surface area contributed by atoms with Crippen LogP contribution in [0.1, 0.15) is 32.6 Å². The third-order valence-corrected chi connectivity index (χ3v) is 5.74. The number of nitrogens with one attached hydrogen (secondary N) is 2. The molecule has 1 aromatic carbocycles. The number of aromatic nitrogens is 2. The van der Waals surface area contributed by atoms with Crippen LogP contribution in [0.4, 0.5) is 4.79 Å². The van der Waals surface area contributed by atoms with E-state index in [-0.39, 0.29) is 23.9 Å². The molecule has 1 aliphatic rings. The molecule has 1 fully saturated rings. The Hall–Kier alpha value is -3.35. The number of H-pyrrole nitrogens is 1. The summed E-state index contributed by atoms with van der Waals surface area (Å²) in [6.45, 7) is 1.84. The predicted molar refractivity (Wildman–Crippen MR) is 115 cm³/mol. The fourth-order valence-electron chi connectivity index (χ4n) is 3.93. The normalized spacial score (nSPS) is 18.3. The number of carbonyl (C=O) groups is 2. The van der Waals surface area contributed by atoms with Gasteiger partial charge in [-0.3, -0.25) is 4.79 Å². The van der Waals surface area contributed by atoms with Gasteiger partial charge in [0, 0.05) is 55.1 Å². The Labute approximate surface area is 175 Å². The molecule has 0 aliphatic heterocycles. The topological polar surface area (TPSA) is 87.3 Å². The Balaban J connectivity index is 1.36. The fourth-order valence-corrected chi connectivity index (χ4v) is 3.93. The lowest BCUT2D eigenvalue weighted by Crippen LogP contribution is -2.39. The van der Waals surface area contributed by atoms with Crippen molar-refractivity contribution in [2.24, 2.45) is 0 Å². The largest absolute Gasteiger partial charge is 0.416 e. The van der Waals surface area contributed by atoms with E-state index < -0.39 is 6.09 Å². The number of amides is 2. The van der Waals surface area contributed by atoms with Gasteiger partial charge in [-0.15, -0.1) is 0 Å². The van der Waals surface area contributed by atoms with Crippen molar-refractivity contribution in [3.05, 3.63) is 48.8 Å². The molecule has 1 aliphatic carbocycles. The Morgan fingerprint density at radius 2 is 2.03 bits per heavy atom. The van der Waals surface area contributed by atoms with Crippen molar-refractivity contribution in [1.82, 2.24) is 20.2 Å². The van der Waals surface area contributed by atoms with Crippen molar-refractivity contribution in [2.45, 2.75) is 44.7 Å². The lowest BCUT2D eigenvalue weighted by Gasteiger charge is -2.23. The summed E-state index contributed by atoms with van der Waals surface area (Å²) in [6, 6.07) is 12.0. The van der Waals surface area contributed by atoms with Crippen LogP contribution in [0, 0.1) is 0 Å². The predicted octanol–water partition coefficient (Wildman–Crippen LogP) is 4.11. The van der Waals surface area contributed by atoms with Gasteiger partial charge in [-0.05, 0) is 54.5 Å². The zero-order valence-corrected chi connectivity index (χ0v) is 17.2. The van der Waals surface area contributed by atoms with E-state index in [1.54, 1.807) is 24.2 Å². The SMILES string of the molecule is CCC(=O)N[C@H]1CC[C@@H](N(C)C(=O)Oc2ccc(-c3ccc4[nH]ccc4c3)cn2)C1. The van der Waals surface area contributed by atoms with Gasteiger partial charge < -0.3 is 19.9 Å². The second-order valence-corrected chi connectivity index (χ2v) is 7.73. The molecule has 7 nitrogen and oxygen atoms in total. The Morgan fingerprint density at radius 3 is 2.80 bits per heavy atom. The van der Waals surface area contributed by atoms with Gasteiger partial charge in [0.1, 0.15) is 0 Å². The number of aromatic amines is 1. The monoisotopic (exact) mass is 406 g/mol. The number of carbonyl (C=O) groups excluding carboxylic acids is 2. The number of ether oxygens (including phenoxy) is 1. The maximum atomic E-state index is 12.5. The van der Waals surface area contributed by atoms with Crippen LogP contribution in [0.25, 0.3) is 22.0 Å². The van der Waals surface area contributed by atoms with Crippen molar-refractivity contribution in [1.29, 1.82) is 0 Å². The highest BCUT2D eigenvalue weighted by atomic mass is 16.6. The van der Waals surface area contributed by atoms with Crippen LogP contribution in [0.15, 0.2) is 48.8 Å². The van der Waals surface area contributed by atoms with E-state index in [4.69, 9.17) is 4.74 Å². The molecule has 0 bridgehead atoms. The smallest absolute Gasteiger partial charge is 0.391 e. The van der Waals surface area contributed by atoms with E-state index in [9.17, 15) is 9.59 Å². The van der Waals surface area contributed by atoms with E-state index in [1.807, 2.05) is 37.4 Å². The summed E-state index contributed by atoms with van der Waals surface area (Å²) in [4.78, 5) is 33.2. The van der Waals surface area contributed by atoms with Crippen LogP contribution in [0.2, 0.25) is 0 Å². The Bertz CT molecular complexity index is 1040. The second kappa shape index (κ2) is 8.57. The van der Waals surface area contributed by atoms with Crippen LogP contribution >= 0.6 is 0 Å². The number of nitrogens with zero attached hydrogens (tertiary/aromatic N) is 2. The maximum absolute atomic E-state index is 12.5. The van der Waals surface area contributed by atoms with Gasteiger partial charge in [0.25, 0.3) is 0 Å². The first-order valence-electron chi connectivity index (χ1n) is 10.3. The first-order valence-corrected chi connectivity index (χ1v) is 10.3. The minimum absolute atomic E-state index is 0.0471. The molecule has 7 heteroatoms. The number of fused-ring (bicyclic) bond motifs is 1. The Morgan fingerprint density at radius 1 is 1.20 bits per heavy atom. The molecule has 3 aromatic rings. The summed E-state index contributed by atoms with van der Waals surface area (Å²) < 4.78 is 5.46. The first kappa shape index (κ1) is 19.9. The average Bonchev–Trinajstić information content (AvgIpc) is 3.42. The van der Waals surface area contributed by atoms with Gasteiger partial charge in [-0.25, -0.2) is 9.78 Å². The third kappa shape index (κ3) is 4.30. The van der Waals surface area contributed by atoms with Crippen molar-refractivity contribution in [3.8, 4) is 17.0 Å². The van der Waals surface area contributed by atoms with Crippen LogP contribution in [0.3, 0.4) is 0 Å². The number of hydrogen-bond acceptors (Lipinski definition) is 4. The quantitative estimate of drug-likeness (QED) is 0.668. The molecule has 2 aromatic heterocycles.